The number of methoxy groups -OCH3 is 1. The van der Waals surface area contributed by atoms with Crippen LogP contribution in [-0.4, -0.2) is 38.8 Å². The lowest BCUT2D eigenvalue weighted by atomic mass is 9.98. The first-order valence-corrected chi connectivity index (χ1v) is 4.67. The number of rotatable bonds is 1. The second-order valence-electron chi connectivity index (χ2n) is 3.40. The second-order valence-corrected chi connectivity index (χ2v) is 3.40. The molecule has 0 aromatic rings. The van der Waals surface area contributed by atoms with Crippen molar-refractivity contribution in [3.8, 4) is 0 Å². The highest BCUT2D eigenvalue weighted by Gasteiger charge is 2.24. The van der Waals surface area contributed by atoms with Gasteiger partial charge in [-0.1, -0.05) is 6.92 Å². The number of piperidine rings is 1. The van der Waals surface area contributed by atoms with Gasteiger partial charge in [0.25, 0.3) is 0 Å². The van der Waals surface area contributed by atoms with E-state index >= 15 is 0 Å². The highest BCUT2D eigenvalue weighted by Crippen LogP contribution is 2.12. The molecule has 15 heavy (non-hydrogen) atoms. The zero-order chi connectivity index (χ0) is 11.9. The van der Waals surface area contributed by atoms with E-state index < -0.39 is 12.5 Å². The number of hydrogen-bond acceptors (Lipinski definition) is 3. The van der Waals surface area contributed by atoms with E-state index in [1.165, 1.54) is 0 Å². The van der Waals surface area contributed by atoms with Crippen molar-refractivity contribution in [3.63, 3.8) is 0 Å². The Bertz CT molecular complexity index is 185. The molecule has 0 spiro atoms. The van der Waals surface area contributed by atoms with Crippen molar-refractivity contribution >= 4 is 6.29 Å². The molecule has 6 heteroatoms. The van der Waals surface area contributed by atoms with Crippen LogP contribution in [-0.2, 0) is 9.53 Å². The van der Waals surface area contributed by atoms with Gasteiger partial charge in [0, 0.05) is 13.7 Å². The molecule has 0 unspecified atom stereocenters. The van der Waals surface area contributed by atoms with Crippen molar-refractivity contribution < 1.29 is 22.7 Å². The molecular formula is C9H16F3NO2. The predicted octanol–water partition coefficient (Wildman–Crippen LogP) is 1.38. The van der Waals surface area contributed by atoms with Crippen LogP contribution >= 0.6 is 0 Å². The molecule has 1 fully saturated rings. The SMILES string of the molecule is CO[C@H]1CCNC[C@H]1C.O=CC(F)(F)F. The van der Waals surface area contributed by atoms with Gasteiger partial charge in [-0.15, -0.1) is 0 Å². The molecule has 0 saturated carbocycles. The van der Waals surface area contributed by atoms with E-state index in [0.29, 0.717) is 12.0 Å². The molecule has 0 aromatic heterocycles. The summed E-state index contributed by atoms with van der Waals surface area (Å²) in [5.74, 6) is 0.684. The van der Waals surface area contributed by atoms with Gasteiger partial charge in [-0.3, -0.25) is 4.79 Å². The molecule has 0 radical (unpaired) electrons. The monoisotopic (exact) mass is 227 g/mol. The molecule has 0 aromatic carbocycles. The Labute approximate surface area is 87.0 Å². The minimum Gasteiger partial charge on any atom is -0.381 e. The van der Waals surface area contributed by atoms with Gasteiger partial charge in [0.1, 0.15) is 0 Å². The molecule has 0 bridgehead atoms. The number of aldehydes is 1. The summed E-state index contributed by atoms with van der Waals surface area (Å²) in [6.45, 7) is 4.45. The van der Waals surface area contributed by atoms with Gasteiger partial charge in [0.15, 0.2) is 0 Å². The molecule has 1 N–H and O–H groups in total. The van der Waals surface area contributed by atoms with Crippen LogP contribution in [0.2, 0.25) is 0 Å². The summed E-state index contributed by atoms with van der Waals surface area (Å²) in [4.78, 5) is 8.70. The molecular weight excluding hydrogens is 211 g/mol. The van der Waals surface area contributed by atoms with Crippen LogP contribution in [0.3, 0.4) is 0 Å². The van der Waals surface area contributed by atoms with Gasteiger partial charge in [-0.2, -0.15) is 13.2 Å². The topological polar surface area (TPSA) is 38.3 Å². The molecule has 1 saturated heterocycles. The fourth-order valence-electron chi connectivity index (χ4n) is 1.34. The molecule has 1 rings (SSSR count). The zero-order valence-electron chi connectivity index (χ0n) is 8.80. The number of alkyl halides is 3. The van der Waals surface area contributed by atoms with E-state index in [0.717, 1.165) is 19.5 Å². The minimum atomic E-state index is -4.64. The van der Waals surface area contributed by atoms with E-state index in [2.05, 4.69) is 12.2 Å². The summed E-state index contributed by atoms with van der Waals surface area (Å²) in [5.41, 5.74) is 0. The first-order valence-electron chi connectivity index (χ1n) is 4.67. The maximum atomic E-state index is 10.4. The lowest BCUT2D eigenvalue weighted by molar-refractivity contribution is -0.156. The highest BCUT2D eigenvalue weighted by molar-refractivity contribution is 5.56. The fraction of sp³-hybridized carbons (Fsp3) is 0.889. The first kappa shape index (κ1) is 14.4. The van der Waals surface area contributed by atoms with Gasteiger partial charge in [-0.25, -0.2) is 0 Å². The number of halogens is 3. The normalized spacial score (nSPS) is 26.5. The molecule has 1 aliphatic heterocycles. The zero-order valence-corrected chi connectivity index (χ0v) is 8.80. The Morgan fingerprint density at radius 1 is 1.47 bits per heavy atom. The Hall–Kier alpha value is -0.620. The maximum Gasteiger partial charge on any atom is 0.446 e. The summed E-state index contributed by atoms with van der Waals surface area (Å²) in [5, 5.41) is 3.32. The number of hydrogen-bond donors (Lipinski definition) is 1. The van der Waals surface area contributed by atoms with Crippen LogP contribution in [0.25, 0.3) is 0 Å². The van der Waals surface area contributed by atoms with Crippen LogP contribution < -0.4 is 5.32 Å². The van der Waals surface area contributed by atoms with Crippen LogP contribution in [0.15, 0.2) is 0 Å². The van der Waals surface area contributed by atoms with Gasteiger partial charge in [0.2, 0.25) is 6.29 Å². The average molecular weight is 227 g/mol. The summed E-state index contributed by atoms with van der Waals surface area (Å²) in [6, 6.07) is 0. The van der Waals surface area contributed by atoms with Gasteiger partial charge < -0.3 is 10.1 Å². The molecule has 90 valence electrons. The third-order valence-electron chi connectivity index (χ3n) is 2.14. The standard InChI is InChI=1S/C7H15NO.C2HF3O/c1-6-5-8-4-3-7(6)9-2;3-2(4,5)1-6/h6-8H,3-5H2,1-2H3;1H/t6-,7+;/m1./s1. The van der Waals surface area contributed by atoms with Crippen molar-refractivity contribution in [2.75, 3.05) is 20.2 Å². The van der Waals surface area contributed by atoms with E-state index in [9.17, 15) is 13.2 Å². The largest absolute Gasteiger partial charge is 0.446 e. The Morgan fingerprint density at radius 2 is 2.00 bits per heavy atom. The van der Waals surface area contributed by atoms with E-state index in [1.807, 2.05) is 0 Å². The van der Waals surface area contributed by atoms with Gasteiger partial charge in [0.05, 0.1) is 6.10 Å². The summed E-state index contributed by atoms with van der Waals surface area (Å²) in [7, 11) is 1.80. The van der Waals surface area contributed by atoms with Crippen LogP contribution in [0.4, 0.5) is 13.2 Å². The predicted molar refractivity (Wildman–Crippen MR) is 49.6 cm³/mol. The summed E-state index contributed by atoms with van der Waals surface area (Å²) in [6.07, 6.45) is -4.05. The second kappa shape index (κ2) is 6.79. The Balaban J connectivity index is 0.000000288. The number of ether oxygens (including phenoxy) is 1. The smallest absolute Gasteiger partial charge is 0.381 e. The van der Waals surface area contributed by atoms with E-state index in [4.69, 9.17) is 9.53 Å². The van der Waals surface area contributed by atoms with Crippen LogP contribution in [0, 0.1) is 5.92 Å². The van der Waals surface area contributed by atoms with Crippen molar-refractivity contribution in [2.24, 2.45) is 5.92 Å². The van der Waals surface area contributed by atoms with Crippen molar-refractivity contribution in [2.45, 2.75) is 25.6 Å². The number of carbonyl (C=O) groups is 1. The molecule has 1 aliphatic rings. The van der Waals surface area contributed by atoms with Gasteiger partial charge >= 0.3 is 6.18 Å². The third kappa shape index (κ3) is 7.33. The summed E-state index contributed by atoms with van der Waals surface area (Å²) >= 11 is 0. The number of carbonyl (C=O) groups excluding carboxylic acids is 1. The molecule has 1 heterocycles. The molecule has 0 aliphatic carbocycles. The van der Waals surface area contributed by atoms with E-state index in [1.54, 1.807) is 7.11 Å². The average Bonchev–Trinajstić information content (AvgIpc) is 2.18. The maximum absolute atomic E-state index is 10.4. The highest BCUT2D eigenvalue weighted by atomic mass is 19.4. The molecule has 3 nitrogen and oxygen atoms in total. The van der Waals surface area contributed by atoms with Gasteiger partial charge in [-0.05, 0) is 18.9 Å². The lowest BCUT2D eigenvalue weighted by Crippen LogP contribution is -2.39. The Kier molecular flexibility index (Phi) is 6.51. The van der Waals surface area contributed by atoms with Crippen molar-refractivity contribution in [3.05, 3.63) is 0 Å². The van der Waals surface area contributed by atoms with Crippen molar-refractivity contribution in [1.29, 1.82) is 0 Å². The van der Waals surface area contributed by atoms with Crippen LogP contribution in [0.1, 0.15) is 13.3 Å². The fourth-order valence-corrected chi connectivity index (χ4v) is 1.34. The van der Waals surface area contributed by atoms with E-state index in [-0.39, 0.29) is 0 Å². The van der Waals surface area contributed by atoms with Crippen LogP contribution in [0.5, 0.6) is 0 Å². The minimum absolute atomic E-state index is 0.492. The lowest BCUT2D eigenvalue weighted by Gasteiger charge is -2.27. The molecule has 0 amide bonds. The first-order chi connectivity index (χ1) is 6.90. The summed E-state index contributed by atoms with van der Waals surface area (Å²) < 4.78 is 36.5. The van der Waals surface area contributed by atoms with Crippen molar-refractivity contribution in [1.82, 2.24) is 5.32 Å². The third-order valence-corrected chi connectivity index (χ3v) is 2.14. The molecule has 2 atom stereocenters. The quantitative estimate of drug-likeness (QED) is 0.688. The number of nitrogens with one attached hydrogen (secondary N) is 1. The Morgan fingerprint density at radius 3 is 2.27 bits per heavy atom.